The van der Waals surface area contributed by atoms with Crippen molar-refractivity contribution < 1.29 is 0 Å². The van der Waals surface area contributed by atoms with Crippen molar-refractivity contribution in [1.82, 2.24) is 10.2 Å². The molecule has 0 spiro atoms. The first-order valence-corrected chi connectivity index (χ1v) is 7.09. The number of halogens is 1. The van der Waals surface area contributed by atoms with Crippen molar-refractivity contribution in [2.45, 2.75) is 26.3 Å². The highest BCUT2D eigenvalue weighted by Crippen LogP contribution is 2.32. The van der Waals surface area contributed by atoms with Crippen molar-refractivity contribution in [3.05, 3.63) is 33.2 Å². The molecule has 0 fully saturated rings. The lowest BCUT2D eigenvalue weighted by Crippen LogP contribution is -2.07. The van der Waals surface area contributed by atoms with Crippen molar-refractivity contribution in [2.75, 3.05) is 0 Å². The molecule has 1 atom stereocenters. The first-order valence-electron chi connectivity index (χ1n) is 5.48. The van der Waals surface area contributed by atoms with E-state index in [-0.39, 0.29) is 6.04 Å². The summed E-state index contributed by atoms with van der Waals surface area (Å²) in [5.74, 6) is 0. The lowest BCUT2D eigenvalue weighted by atomic mass is 10.1. The van der Waals surface area contributed by atoms with Crippen LogP contribution in [0.15, 0.2) is 22.7 Å². The van der Waals surface area contributed by atoms with Gasteiger partial charge in [0.1, 0.15) is 10.0 Å². The minimum Gasteiger partial charge on any atom is -0.322 e. The molecule has 0 aliphatic carbocycles. The third-order valence-corrected chi connectivity index (χ3v) is 4.64. The van der Waals surface area contributed by atoms with Gasteiger partial charge in [-0.25, -0.2) is 0 Å². The van der Waals surface area contributed by atoms with Gasteiger partial charge in [0.2, 0.25) is 0 Å². The summed E-state index contributed by atoms with van der Waals surface area (Å²) in [6.45, 7) is 4.12. The Bertz CT molecular complexity index is 524. The topological polar surface area (TPSA) is 51.8 Å². The molecule has 17 heavy (non-hydrogen) atoms. The predicted molar refractivity (Wildman–Crippen MR) is 75.0 cm³/mol. The Kier molecular flexibility index (Phi) is 3.91. The second-order valence-corrected chi connectivity index (χ2v) is 5.74. The molecule has 1 aromatic heterocycles. The molecule has 90 valence electrons. The molecule has 0 saturated carbocycles. The van der Waals surface area contributed by atoms with Crippen LogP contribution < -0.4 is 5.73 Å². The van der Waals surface area contributed by atoms with Gasteiger partial charge < -0.3 is 5.73 Å². The maximum atomic E-state index is 5.95. The van der Waals surface area contributed by atoms with Crippen LogP contribution in [0.3, 0.4) is 0 Å². The molecule has 2 rings (SSSR count). The average molecular weight is 312 g/mol. The summed E-state index contributed by atoms with van der Waals surface area (Å²) in [5.41, 5.74) is 8.25. The van der Waals surface area contributed by atoms with Crippen molar-refractivity contribution in [2.24, 2.45) is 5.73 Å². The smallest absolute Gasteiger partial charge is 0.148 e. The van der Waals surface area contributed by atoms with E-state index in [0.717, 1.165) is 26.5 Å². The van der Waals surface area contributed by atoms with E-state index >= 15 is 0 Å². The zero-order valence-electron chi connectivity index (χ0n) is 9.77. The minimum atomic E-state index is -0.00582. The number of hydrogen-bond donors (Lipinski definition) is 1. The van der Waals surface area contributed by atoms with Crippen molar-refractivity contribution in [3.8, 4) is 10.6 Å². The number of nitrogens with zero attached hydrogens (tertiary/aromatic N) is 2. The average Bonchev–Trinajstić information content (AvgIpc) is 2.81. The van der Waals surface area contributed by atoms with Gasteiger partial charge in [-0.1, -0.05) is 46.3 Å². The summed E-state index contributed by atoms with van der Waals surface area (Å²) in [4.78, 5) is 0. The van der Waals surface area contributed by atoms with Crippen LogP contribution in [-0.2, 0) is 0 Å². The Morgan fingerprint density at radius 3 is 2.88 bits per heavy atom. The SMILES string of the molecule is CCC(N)c1nnc(-c2cccc(Br)c2C)s1. The minimum absolute atomic E-state index is 0.00582. The lowest BCUT2D eigenvalue weighted by Gasteiger charge is -2.03. The monoisotopic (exact) mass is 311 g/mol. The van der Waals surface area contributed by atoms with Gasteiger partial charge in [0.15, 0.2) is 0 Å². The fourth-order valence-corrected chi connectivity index (χ4v) is 2.88. The quantitative estimate of drug-likeness (QED) is 0.940. The van der Waals surface area contributed by atoms with Gasteiger partial charge >= 0.3 is 0 Å². The Morgan fingerprint density at radius 2 is 2.18 bits per heavy atom. The molecule has 5 heteroatoms. The van der Waals surface area contributed by atoms with Gasteiger partial charge in [-0.2, -0.15) is 0 Å². The maximum Gasteiger partial charge on any atom is 0.148 e. The summed E-state index contributed by atoms with van der Waals surface area (Å²) in [6, 6.07) is 6.09. The van der Waals surface area contributed by atoms with Gasteiger partial charge in [0.25, 0.3) is 0 Å². The molecule has 1 aromatic carbocycles. The third-order valence-electron chi connectivity index (χ3n) is 2.70. The molecule has 1 heterocycles. The maximum absolute atomic E-state index is 5.95. The zero-order valence-corrected chi connectivity index (χ0v) is 12.2. The number of benzene rings is 1. The van der Waals surface area contributed by atoms with Crippen LogP contribution in [0.2, 0.25) is 0 Å². The van der Waals surface area contributed by atoms with Crippen LogP contribution in [0.1, 0.15) is 30.0 Å². The van der Waals surface area contributed by atoms with E-state index in [1.165, 1.54) is 5.56 Å². The lowest BCUT2D eigenvalue weighted by molar-refractivity contribution is 0.683. The highest BCUT2D eigenvalue weighted by atomic mass is 79.9. The second kappa shape index (κ2) is 5.25. The molecule has 2 aromatic rings. The van der Waals surface area contributed by atoms with Crippen LogP contribution in [-0.4, -0.2) is 10.2 Å². The first kappa shape index (κ1) is 12.7. The van der Waals surface area contributed by atoms with E-state index in [4.69, 9.17) is 5.73 Å². The summed E-state index contributed by atoms with van der Waals surface area (Å²) in [7, 11) is 0. The fourth-order valence-electron chi connectivity index (χ4n) is 1.51. The van der Waals surface area contributed by atoms with Gasteiger partial charge in [-0.3, -0.25) is 0 Å². The predicted octanol–water partition coefficient (Wildman–Crippen LogP) is 3.69. The molecular formula is C12H14BrN3S. The van der Waals surface area contributed by atoms with Crippen molar-refractivity contribution in [3.63, 3.8) is 0 Å². The van der Waals surface area contributed by atoms with Crippen LogP contribution in [0.5, 0.6) is 0 Å². The number of nitrogens with two attached hydrogens (primary N) is 1. The summed E-state index contributed by atoms with van der Waals surface area (Å²) < 4.78 is 1.09. The first-order chi connectivity index (χ1) is 8.13. The molecule has 0 aliphatic heterocycles. The molecule has 0 bridgehead atoms. The zero-order chi connectivity index (χ0) is 12.4. The van der Waals surface area contributed by atoms with E-state index in [9.17, 15) is 0 Å². The Labute approximate surface area is 113 Å². The summed E-state index contributed by atoms with van der Waals surface area (Å²) in [5, 5.41) is 10.2. The Hall–Kier alpha value is -0.780. The third kappa shape index (κ3) is 2.56. The van der Waals surface area contributed by atoms with Gasteiger partial charge in [0, 0.05) is 10.0 Å². The molecular weight excluding hydrogens is 298 g/mol. The van der Waals surface area contributed by atoms with Crippen LogP contribution in [0, 0.1) is 6.92 Å². The number of rotatable bonds is 3. The molecule has 3 nitrogen and oxygen atoms in total. The van der Waals surface area contributed by atoms with E-state index in [1.807, 2.05) is 12.1 Å². The van der Waals surface area contributed by atoms with E-state index in [2.05, 4.69) is 46.0 Å². The van der Waals surface area contributed by atoms with Crippen molar-refractivity contribution >= 4 is 27.3 Å². The molecule has 0 aliphatic rings. The molecule has 1 unspecified atom stereocenters. The van der Waals surface area contributed by atoms with Crippen LogP contribution in [0.4, 0.5) is 0 Å². The van der Waals surface area contributed by atoms with Crippen LogP contribution in [0.25, 0.3) is 10.6 Å². The Morgan fingerprint density at radius 1 is 1.41 bits per heavy atom. The van der Waals surface area contributed by atoms with Crippen molar-refractivity contribution in [1.29, 1.82) is 0 Å². The molecule has 2 N–H and O–H groups in total. The normalized spacial score (nSPS) is 12.7. The van der Waals surface area contributed by atoms with E-state index in [0.29, 0.717) is 0 Å². The van der Waals surface area contributed by atoms with Gasteiger partial charge in [-0.05, 0) is 25.0 Å². The molecule has 0 amide bonds. The largest absolute Gasteiger partial charge is 0.322 e. The van der Waals surface area contributed by atoms with Crippen LogP contribution >= 0.6 is 27.3 Å². The molecule has 0 saturated heterocycles. The van der Waals surface area contributed by atoms with E-state index < -0.39 is 0 Å². The Balaban J connectivity index is 2.40. The highest BCUT2D eigenvalue weighted by Gasteiger charge is 2.13. The van der Waals surface area contributed by atoms with Gasteiger partial charge in [-0.15, -0.1) is 10.2 Å². The fraction of sp³-hybridized carbons (Fsp3) is 0.333. The summed E-state index contributed by atoms with van der Waals surface area (Å²) >= 11 is 5.10. The van der Waals surface area contributed by atoms with Gasteiger partial charge in [0.05, 0.1) is 6.04 Å². The second-order valence-electron chi connectivity index (χ2n) is 3.87. The number of aromatic nitrogens is 2. The highest BCUT2D eigenvalue weighted by molar-refractivity contribution is 9.10. The molecule has 0 radical (unpaired) electrons. The summed E-state index contributed by atoms with van der Waals surface area (Å²) in [6.07, 6.45) is 0.881. The standard InChI is InChI=1S/C12H14BrN3S/c1-3-10(14)12-16-15-11(17-12)8-5-4-6-9(13)7(8)2/h4-6,10H,3,14H2,1-2H3. The van der Waals surface area contributed by atoms with E-state index in [1.54, 1.807) is 11.3 Å². The number of hydrogen-bond acceptors (Lipinski definition) is 4.